The fraction of sp³-hybridized carbons (Fsp3) is 0.562. The molecule has 2 rings (SSSR count). The topological polar surface area (TPSA) is 32.3 Å². The summed E-state index contributed by atoms with van der Waals surface area (Å²) in [4.78, 5) is 14.4. The zero-order valence-electron chi connectivity index (χ0n) is 12.8. The van der Waals surface area contributed by atoms with Gasteiger partial charge in [0.15, 0.2) is 0 Å². The number of thioether (sulfide) groups is 1. The van der Waals surface area contributed by atoms with Crippen LogP contribution >= 0.6 is 24.2 Å². The van der Waals surface area contributed by atoms with E-state index in [1.807, 2.05) is 35.8 Å². The van der Waals surface area contributed by atoms with Crippen LogP contribution in [-0.4, -0.2) is 43.2 Å². The van der Waals surface area contributed by atoms with E-state index in [0.29, 0.717) is 5.92 Å². The van der Waals surface area contributed by atoms with Crippen LogP contribution in [0.2, 0.25) is 0 Å². The molecule has 118 valence electrons. The van der Waals surface area contributed by atoms with Crippen molar-refractivity contribution in [2.24, 2.45) is 5.92 Å². The van der Waals surface area contributed by atoms with Gasteiger partial charge >= 0.3 is 0 Å². The van der Waals surface area contributed by atoms with Crippen LogP contribution in [0.15, 0.2) is 24.3 Å². The van der Waals surface area contributed by atoms with Gasteiger partial charge in [-0.2, -0.15) is 11.8 Å². The number of benzene rings is 1. The Hall–Kier alpha value is -0.710. The number of nitrogens with one attached hydrogen (secondary N) is 1. The lowest BCUT2D eigenvalue weighted by atomic mass is 10.1. The molecule has 21 heavy (non-hydrogen) atoms. The molecule has 0 saturated carbocycles. The van der Waals surface area contributed by atoms with E-state index in [2.05, 4.69) is 24.4 Å². The van der Waals surface area contributed by atoms with Crippen LogP contribution in [0.1, 0.15) is 29.3 Å². The van der Waals surface area contributed by atoms with Gasteiger partial charge in [-0.1, -0.05) is 19.1 Å². The van der Waals surface area contributed by atoms with Crippen molar-refractivity contribution in [3.05, 3.63) is 35.4 Å². The summed E-state index contributed by atoms with van der Waals surface area (Å²) in [5.74, 6) is 2.93. The van der Waals surface area contributed by atoms with E-state index in [1.54, 1.807) is 0 Å². The number of nitrogens with zero attached hydrogens (tertiary/aromatic N) is 1. The molecule has 1 N–H and O–H groups in total. The number of halogens is 1. The summed E-state index contributed by atoms with van der Waals surface area (Å²) in [5, 5.41) is 3.20. The number of amides is 1. The zero-order valence-corrected chi connectivity index (χ0v) is 14.4. The van der Waals surface area contributed by atoms with E-state index < -0.39 is 0 Å². The number of hydrogen-bond donors (Lipinski definition) is 1. The van der Waals surface area contributed by atoms with E-state index in [1.165, 1.54) is 5.56 Å². The van der Waals surface area contributed by atoms with Gasteiger partial charge in [-0.25, -0.2) is 0 Å². The van der Waals surface area contributed by atoms with Crippen molar-refractivity contribution in [2.45, 2.75) is 19.1 Å². The predicted octanol–water partition coefficient (Wildman–Crippen LogP) is 3.04. The molecular formula is C16H25ClN2OS. The highest BCUT2D eigenvalue weighted by atomic mass is 35.5. The molecule has 0 bridgehead atoms. The van der Waals surface area contributed by atoms with Gasteiger partial charge in [-0.3, -0.25) is 4.79 Å². The highest BCUT2D eigenvalue weighted by Gasteiger charge is 2.26. The van der Waals surface area contributed by atoms with Crippen molar-refractivity contribution >= 4 is 30.1 Å². The molecule has 0 aromatic heterocycles. The van der Waals surface area contributed by atoms with Gasteiger partial charge in [0, 0.05) is 24.4 Å². The second-order valence-electron chi connectivity index (χ2n) is 5.30. The molecule has 3 nitrogen and oxygen atoms in total. The average molecular weight is 329 g/mol. The smallest absolute Gasteiger partial charge is 0.253 e. The van der Waals surface area contributed by atoms with Crippen LogP contribution in [0.4, 0.5) is 0 Å². The van der Waals surface area contributed by atoms with Gasteiger partial charge in [0.1, 0.15) is 0 Å². The van der Waals surface area contributed by atoms with Crippen molar-refractivity contribution in [3.8, 4) is 0 Å². The summed E-state index contributed by atoms with van der Waals surface area (Å²) in [6.45, 7) is 4.93. The molecule has 5 heteroatoms. The molecule has 0 aliphatic carbocycles. The van der Waals surface area contributed by atoms with Crippen LogP contribution in [0.25, 0.3) is 0 Å². The first kappa shape index (κ1) is 18.3. The minimum atomic E-state index is 0. The van der Waals surface area contributed by atoms with E-state index in [-0.39, 0.29) is 18.3 Å². The maximum Gasteiger partial charge on any atom is 0.253 e. The summed E-state index contributed by atoms with van der Waals surface area (Å²) < 4.78 is 0. The third-order valence-corrected chi connectivity index (χ3v) is 4.69. The number of rotatable bonds is 6. The van der Waals surface area contributed by atoms with Crippen molar-refractivity contribution in [2.75, 3.05) is 32.4 Å². The molecular weight excluding hydrogens is 304 g/mol. The Labute approximate surface area is 138 Å². The molecule has 1 aromatic carbocycles. The van der Waals surface area contributed by atoms with E-state index in [9.17, 15) is 4.79 Å². The Balaban J connectivity index is 0.00000220. The van der Waals surface area contributed by atoms with E-state index >= 15 is 0 Å². The zero-order chi connectivity index (χ0) is 14.4. The number of carbonyl (C=O) groups excluding carboxylic acids is 1. The average Bonchev–Trinajstić information content (AvgIpc) is 2.94. The SMILES string of the molecule is CCSCc1ccc(C(=O)N2CCC(CNC)C2)cc1.Cl. The molecule has 1 atom stereocenters. The first-order valence-corrected chi connectivity index (χ1v) is 8.50. The van der Waals surface area contributed by atoms with Gasteiger partial charge in [0.05, 0.1) is 0 Å². The highest BCUT2D eigenvalue weighted by molar-refractivity contribution is 7.98. The van der Waals surface area contributed by atoms with Gasteiger partial charge in [0.25, 0.3) is 5.91 Å². The fourth-order valence-corrected chi connectivity index (χ4v) is 3.25. The van der Waals surface area contributed by atoms with Crippen LogP contribution in [0.3, 0.4) is 0 Å². The lowest BCUT2D eigenvalue weighted by Crippen LogP contribution is -2.30. The van der Waals surface area contributed by atoms with Crippen molar-refractivity contribution < 1.29 is 4.79 Å². The molecule has 1 fully saturated rings. The summed E-state index contributed by atoms with van der Waals surface area (Å²) in [7, 11) is 1.97. The van der Waals surface area contributed by atoms with E-state index in [0.717, 1.165) is 43.1 Å². The molecule has 0 spiro atoms. The number of hydrogen-bond acceptors (Lipinski definition) is 3. The molecule has 1 heterocycles. The third-order valence-electron chi connectivity index (χ3n) is 3.74. The Morgan fingerprint density at radius 3 is 2.71 bits per heavy atom. The molecule has 1 aliphatic rings. The molecule has 1 unspecified atom stereocenters. The number of likely N-dealkylation sites (tertiary alicyclic amines) is 1. The maximum atomic E-state index is 12.4. The summed E-state index contributed by atoms with van der Waals surface area (Å²) in [6.07, 6.45) is 1.11. The fourth-order valence-electron chi connectivity index (χ4n) is 2.62. The van der Waals surface area contributed by atoms with Gasteiger partial charge in [0.2, 0.25) is 0 Å². The van der Waals surface area contributed by atoms with Gasteiger partial charge < -0.3 is 10.2 Å². The Morgan fingerprint density at radius 2 is 2.10 bits per heavy atom. The molecule has 1 saturated heterocycles. The van der Waals surface area contributed by atoms with Crippen LogP contribution in [-0.2, 0) is 5.75 Å². The normalized spacial score (nSPS) is 17.6. The molecule has 1 amide bonds. The van der Waals surface area contributed by atoms with Crippen molar-refractivity contribution in [3.63, 3.8) is 0 Å². The third kappa shape index (κ3) is 5.20. The minimum Gasteiger partial charge on any atom is -0.338 e. The summed E-state index contributed by atoms with van der Waals surface area (Å²) in [5.41, 5.74) is 2.11. The lowest BCUT2D eigenvalue weighted by molar-refractivity contribution is 0.0787. The van der Waals surface area contributed by atoms with Gasteiger partial charge in [-0.15, -0.1) is 12.4 Å². The van der Waals surface area contributed by atoms with Crippen LogP contribution in [0, 0.1) is 5.92 Å². The molecule has 1 aliphatic heterocycles. The molecule has 0 radical (unpaired) electrons. The van der Waals surface area contributed by atoms with E-state index in [4.69, 9.17) is 0 Å². The Morgan fingerprint density at radius 1 is 1.38 bits per heavy atom. The lowest BCUT2D eigenvalue weighted by Gasteiger charge is -2.16. The summed E-state index contributed by atoms with van der Waals surface area (Å²) >= 11 is 1.90. The first-order valence-electron chi connectivity index (χ1n) is 7.35. The molecule has 1 aromatic rings. The Bertz CT molecular complexity index is 438. The number of carbonyl (C=O) groups is 1. The minimum absolute atomic E-state index is 0. The highest BCUT2D eigenvalue weighted by Crippen LogP contribution is 2.19. The van der Waals surface area contributed by atoms with Gasteiger partial charge in [-0.05, 0) is 49.4 Å². The first-order chi connectivity index (χ1) is 9.74. The second-order valence-corrected chi connectivity index (χ2v) is 6.57. The van der Waals surface area contributed by atoms with Crippen LogP contribution < -0.4 is 5.32 Å². The van der Waals surface area contributed by atoms with Crippen LogP contribution in [0.5, 0.6) is 0 Å². The summed E-state index contributed by atoms with van der Waals surface area (Å²) in [6, 6.07) is 8.10. The predicted molar refractivity (Wildman–Crippen MR) is 93.5 cm³/mol. The monoisotopic (exact) mass is 328 g/mol. The second kappa shape index (κ2) is 9.34. The largest absolute Gasteiger partial charge is 0.338 e. The standard InChI is InChI=1S/C16H24N2OS.ClH/c1-3-20-12-13-4-6-15(7-5-13)16(19)18-9-8-14(11-18)10-17-2;/h4-7,14,17H,3,8-12H2,1-2H3;1H. The van der Waals surface area contributed by atoms with Crippen molar-refractivity contribution in [1.29, 1.82) is 0 Å². The Kier molecular flexibility index (Phi) is 8.15. The maximum absolute atomic E-state index is 12.4. The quantitative estimate of drug-likeness (QED) is 0.871. The van der Waals surface area contributed by atoms with Crippen molar-refractivity contribution in [1.82, 2.24) is 10.2 Å².